The molecule has 12 heavy (non-hydrogen) atoms. The molecule has 2 heteroatoms. The van der Waals surface area contributed by atoms with Gasteiger partial charge in [-0.2, -0.15) is 0 Å². The van der Waals surface area contributed by atoms with Crippen LogP contribution in [0.15, 0.2) is 11.6 Å². The van der Waals surface area contributed by atoms with Crippen molar-refractivity contribution in [2.75, 3.05) is 7.05 Å². The van der Waals surface area contributed by atoms with Gasteiger partial charge in [-0.3, -0.25) is 0 Å². The van der Waals surface area contributed by atoms with Crippen LogP contribution in [0.2, 0.25) is 0 Å². The summed E-state index contributed by atoms with van der Waals surface area (Å²) >= 11 is 0. The summed E-state index contributed by atoms with van der Waals surface area (Å²) in [5.41, 5.74) is 1.50. The minimum Gasteiger partial charge on any atom is -0.313 e. The van der Waals surface area contributed by atoms with Gasteiger partial charge < -0.3 is 10.1 Å². The second-order valence-electron chi connectivity index (χ2n) is 3.78. The zero-order valence-electron chi connectivity index (χ0n) is 7.42. The van der Waals surface area contributed by atoms with Crippen molar-refractivity contribution in [3.05, 3.63) is 11.6 Å². The molecule has 2 aliphatic rings. The molecule has 3 atom stereocenters. The number of fused-ring (bicyclic) bond motifs is 1. The lowest BCUT2D eigenvalue weighted by molar-refractivity contribution is -0.111. The van der Waals surface area contributed by atoms with Gasteiger partial charge in [0, 0.05) is 12.0 Å². The predicted octanol–water partition coefficient (Wildman–Crippen LogP) is 1.13. The molecule has 1 N–H and O–H groups in total. The molecular formula is C10H15NO. The maximum absolute atomic E-state index is 10.7. The monoisotopic (exact) mass is 165 g/mol. The molecule has 2 rings (SSSR count). The molecule has 0 radical (unpaired) electrons. The quantitative estimate of drug-likeness (QED) is 0.491. The van der Waals surface area contributed by atoms with Crippen LogP contribution in [0.4, 0.5) is 0 Å². The Morgan fingerprint density at radius 3 is 3.17 bits per heavy atom. The number of aldehydes is 1. The lowest BCUT2D eigenvalue weighted by atomic mass is 10.0. The normalized spacial score (nSPS) is 39.4. The van der Waals surface area contributed by atoms with Crippen molar-refractivity contribution in [1.82, 2.24) is 5.32 Å². The molecule has 66 valence electrons. The Balaban J connectivity index is 2.20. The first kappa shape index (κ1) is 7.99. The summed E-state index contributed by atoms with van der Waals surface area (Å²) in [6, 6.07) is 0.343. The van der Waals surface area contributed by atoms with Gasteiger partial charge in [0.05, 0.1) is 0 Å². The highest BCUT2D eigenvalue weighted by atomic mass is 16.1. The number of allylic oxidation sites excluding steroid dienone is 1. The van der Waals surface area contributed by atoms with E-state index in [0.29, 0.717) is 12.0 Å². The fourth-order valence-electron chi connectivity index (χ4n) is 2.65. The van der Waals surface area contributed by atoms with Gasteiger partial charge in [-0.05, 0) is 32.2 Å². The van der Waals surface area contributed by atoms with Crippen LogP contribution in [-0.2, 0) is 4.79 Å². The standard InChI is InChI=1S/C10H15NO/c1-11-10-8(6-12)5-7-3-2-4-9(7)10/h4,6-8,10-11H,2-3,5H2,1H3. The van der Waals surface area contributed by atoms with Gasteiger partial charge in [0.15, 0.2) is 0 Å². The third kappa shape index (κ3) is 1.02. The molecule has 0 aromatic heterocycles. The van der Waals surface area contributed by atoms with E-state index in [4.69, 9.17) is 0 Å². The number of hydrogen-bond donors (Lipinski definition) is 1. The Hall–Kier alpha value is -0.630. The zero-order chi connectivity index (χ0) is 8.55. The lowest BCUT2D eigenvalue weighted by Crippen LogP contribution is -2.31. The van der Waals surface area contributed by atoms with Gasteiger partial charge >= 0.3 is 0 Å². The molecule has 0 spiro atoms. The second-order valence-corrected chi connectivity index (χ2v) is 3.78. The van der Waals surface area contributed by atoms with Crippen molar-refractivity contribution in [2.24, 2.45) is 11.8 Å². The number of likely N-dealkylation sites (N-methyl/N-ethyl adjacent to an activating group) is 1. The van der Waals surface area contributed by atoms with E-state index >= 15 is 0 Å². The summed E-state index contributed by atoms with van der Waals surface area (Å²) < 4.78 is 0. The molecule has 2 nitrogen and oxygen atoms in total. The Labute approximate surface area is 73.0 Å². The number of rotatable bonds is 2. The van der Waals surface area contributed by atoms with Gasteiger partial charge in [0.2, 0.25) is 0 Å². The lowest BCUT2D eigenvalue weighted by Gasteiger charge is -2.14. The van der Waals surface area contributed by atoms with E-state index < -0.39 is 0 Å². The maximum atomic E-state index is 10.7. The topological polar surface area (TPSA) is 29.1 Å². The number of hydrogen-bond acceptors (Lipinski definition) is 2. The van der Waals surface area contributed by atoms with Crippen LogP contribution in [0.1, 0.15) is 19.3 Å². The van der Waals surface area contributed by atoms with E-state index in [1.54, 1.807) is 0 Å². The van der Waals surface area contributed by atoms with Crippen LogP contribution >= 0.6 is 0 Å². The van der Waals surface area contributed by atoms with Crippen LogP contribution in [0.25, 0.3) is 0 Å². The van der Waals surface area contributed by atoms with Crippen molar-refractivity contribution in [3.63, 3.8) is 0 Å². The van der Waals surface area contributed by atoms with Gasteiger partial charge in [-0.25, -0.2) is 0 Å². The van der Waals surface area contributed by atoms with Crippen molar-refractivity contribution in [3.8, 4) is 0 Å². The molecule has 0 amide bonds. The first-order valence-electron chi connectivity index (χ1n) is 4.69. The third-order valence-corrected chi connectivity index (χ3v) is 3.20. The maximum Gasteiger partial charge on any atom is 0.124 e. The van der Waals surface area contributed by atoms with Crippen LogP contribution in [0, 0.1) is 11.8 Å². The second kappa shape index (κ2) is 3.02. The third-order valence-electron chi connectivity index (χ3n) is 3.20. The van der Waals surface area contributed by atoms with E-state index in [1.165, 1.54) is 18.4 Å². The summed E-state index contributed by atoms with van der Waals surface area (Å²) in [6.45, 7) is 0. The Morgan fingerprint density at radius 2 is 2.50 bits per heavy atom. The fraction of sp³-hybridized carbons (Fsp3) is 0.700. The van der Waals surface area contributed by atoms with Gasteiger partial charge in [0.25, 0.3) is 0 Å². The first-order chi connectivity index (χ1) is 5.86. The van der Waals surface area contributed by atoms with E-state index in [-0.39, 0.29) is 5.92 Å². The van der Waals surface area contributed by atoms with Crippen molar-refractivity contribution < 1.29 is 4.79 Å². The molecule has 1 saturated carbocycles. The first-order valence-corrected chi connectivity index (χ1v) is 4.69. The largest absolute Gasteiger partial charge is 0.313 e. The SMILES string of the molecule is CNC1C2=CCCC2CC1C=O. The minimum absolute atomic E-state index is 0.228. The van der Waals surface area contributed by atoms with Crippen LogP contribution in [-0.4, -0.2) is 19.4 Å². The zero-order valence-corrected chi connectivity index (χ0v) is 7.42. The van der Waals surface area contributed by atoms with Crippen molar-refractivity contribution >= 4 is 6.29 Å². The number of carbonyl (C=O) groups is 1. The number of nitrogens with one attached hydrogen (secondary N) is 1. The number of carbonyl (C=O) groups excluding carboxylic acids is 1. The van der Waals surface area contributed by atoms with Crippen molar-refractivity contribution in [1.29, 1.82) is 0 Å². The molecular weight excluding hydrogens is 150 g/mol. The summed E-state index contributed by atoms with van der Waals surface area (Å²) in [5.74, 6) is 0.934. The molecule has 2 aliphatic carbocycles. The van der Waals surface area contributed by atoms with E-state index in [0.717, 1.165) is 12.7 Å². The van der Waals surface area contributed by atoms with Gasteiger partial charge in [0.1, 0.15) is 6.29 Å². The van der Waals surface area contributed by atoms with Crippen LogP contribution < -0.4 is 5.32 Å². The Bertz CT molecular complexity index is 222. The molecule has 0 bridgehead atoms. The average Bonchev–Trinajstić information content (AvgIpc) is 2.61. The van der Waals surface area contributed by atoms with Crippen LogP contribution in [0.5, 0.6) is 0 Å². The van der Waals surface area contributed by atoms with E-state index in [1.807, 2.05) is 7.05 Å². The minimum atomic E-state index is 0.228. The Kier molecular flexibility index (Phi) is 2.01. The fourth-order valence-corrected chi connectivity index (χ4v) is 2.65. The molecule has 3 unspecified atom stereocenters. The highest BCUT2D eigenvalue weighted by Crippen LogP contribution is 2.42. The summed E-state index contributed by atoms with van der Waals surface area (Å²) in [4.78, 5) is 10.7. The summed E-state index contributed by atoms with van der Waals surface area (Å²) in [7, 11) is 1.95. The predicted molar refractivity (Wildman–Crippen MR) is 47.8 cm³/mol. The highest BCUT2D eigenvalue weighted by Gasteiger charge is 2.38. The molecule has 1 fully saturated rings. The molecule has 0 heterocycles. The van der Waals surface area contributed by atoms with E-state index in [9.17, 15) is 4.79 Å². The molecule has 0 aromatic carbocycles. The molecule has 0 aromatic rings. The molecule has 0 aliphatic heterocycles. The Morgan fingerprint density at radius 1 is 1.67 bits per heavy atom. The van der Waals surface area contributed by atoms with Gasteiger partial charge in [-0.15, -0.1) is 0 Å². The van der Waals surface area contributed by atoms with Gasteiger partial charge in [-0.1, -0.05) is 11.6 Å². The highest BCUT2D eigenvalue weighted by molar-refractivity contribution is 5.58. The summed E-state index contributed by atoms with van der Waals surface area (Å²) in [6.07, 6.45) is 6.97. The molecule has 0 saturated heterocycles. The smallest absolute Gasteiger partial charge is 0.124 e. The van der Waals surface area contributed by atoms with Crippen molar-refractivity contribution in [2.45, 2.75) is 25.3 Å². The van der Waals surface area contributed by atoms with Crippen LogP contribution in [0.3, 0.4) is 0 Å². The summed E-state index contributed by atoms with van der Waals surface area (Å²) in [5, 5.41) is 3.24. The van der Waals surface area contributed by atoms with E-state index in [2.05, 4.69) is 11.4 Å². The average molecular weight is 165 g/mol.